The van der Waals surface area contributed by atoms with E-state index in [9.17, 15) is 4.79 Å². The van der Waals surface area contributed by atoms with E-state index in [-0.39, 0.29) is 5.91 Å². The van der Waals surface area contributed by atoms with Crippen molar-refractivity contribution in [3.8, 4) is 5.75 Å². The van der Waals surface area contributed by atoms with E-state index >= 15 is 0 Å². The highest BCUT2D eigenvalue weighted by molar-refractivity contribution is 6.34. The van der Waals surface area contributed by atoms with Crippen molar-refractivity contribution < 1.29 is 9.53 Å². The lowest BCUT2D eigenvalue weighted by Crippen LogP contribution is -2.30. The molecule has 0 aliphatic heterocycles. The summed E-state index contributed by atoms with van der Waals surface area (Å²) in [4.78, 5) is 12.1. The molecule has 1 atom stereocenters. The van der Waals surface area contributed by atoms with E-state index in [2.05, 4.69) is 5.32 Å². The van der Waals surface area contributed by atoms with Crippen LogP contribution in [0, 0.1) is 0 Å². The van der Waals surface area contributed by atoms with Crippen LogP contribution >= 0.6 is 34.8 Å². The fraction of sp³-hybridized carbons (Fsp3) is 0.133. The molecule has 0 fully saturated rings. The number of benzene rings is 2. The van der Waals surface area contributed by atoms with Crippen LogP contribution in [0.2, 0.25) is 15.1 Å². The number of carbonyl (C=O) groups is 1. The van der Waals surface area contributed by atoms with Crippen molar-refractivity contribution >= 4 is 46.4 Å². The lowest BCUT2D eigenvalue weighted by atomic mass is 10.3. The van der Waals surface area contributed by atoms with Crippen molar-refractivity contribution in [1.82, 2.24) is 0 Å². The minimum atomic E-state index is -0.753. The number of amides is 1. The standard InChI is InChI=1S/C15H12Cl3NO2/c1-9(21-14-8-10(16)6-7-12(14)18)15(20)19-13-5-3-2-4-11(13)17/h2-9H,1H3,(H,19,20)/t9-/m0/s1. The lowest BCUT2D eigenvalue weighted by molar-refractivity contribution is -0.122. The van der Waals surface area contributed by atoms with Gasteiger partial charge in [-0.05, 0) is 31.2 Å². The van der Waals surface area contributed by atoms with Crippen molar-refractivity contribution in [3.05, 3.63) is 57.5 Å². The number of rotatable bonds is 4. The number of anilines is 1. The maximum absolute atomic E-state index is 12.1. The summed E-state index contributed by atoms with van der Waals surface area (Å²) in [5.41, 5.74) is 0.525. The van der Waals surface area contributed by atoms with Crippen LogP contribution in [0.1, 0.15) is 6.92 Å². The second-order valence-electron chi connectivity index (χ2n) is 4.30. The van der Waals surface area contributed by atoms with Gasteiger partial charge in [-0.25, -0.2) is 0 Å². The molecule has 1 N–H and O–H groups in total. The number of hydrogen-bond donors (Lipinski definition) is 1. The average molecular weight is 345 g/mol. The Morgan fingerprint density at radius 1 is 1.10 bits per heavy atom. The van der Waals surface area contributed by atoms with Gasteiger partial charge in [0, 0.05) is 11.1 Å². The lowest BCUT2D eigenvalue weighted by Gasteiger charge is -2.16. The van der Waals surface area contributed by atoms with Gasteiger partial charge in [-0.1, -0.05) is 46.9 Å². The van der Waals surface area contributed by atoms with Crippen LogP contribution in [0.4, 0.5) is 5.69 Å². The van der Waals surface area contributed by atoms with Crippen LogP contribution in [-0.2, 0) is 4.79 Å². The molecular weight excluding hydrogens is 333 g/mol. The average Bonchev–Trinajstić information content (AvgIpc) is 2.45. The molecule has 0 bridgehead atoms. The number of hydrogen-bond acceptors (Lipinski definition) is 2. The summed E-state index contributed by atoms with van der Waals surface area (Å²) in [6, 6.07) is 11.8. The van der Waals surface area contributed by atoms with Crippen molar-refractivity contribution in [3.63, 3.8) is 0 Å². The summed E-state index contributed by atoms with van der Waals surface area (Å²) in [7, 11) is 0. The van der Waals surface area contributed by atoms with Gasteiger partial charge in [-0.15, -0.1) is 0 Å². The zero-order chi connectivity index (χ0) is 15.4. The first-order valence-corrected chi connectivity index (χ1v) is 7.28. The first-order chi connectivity index (χ1) is 9.97. The van der Waals surface area contributed by atoms with E-state index in [1.165, 1.54) is 0 Å². The van der Waals surface area contributed by atoms with E-state index in [1.54, 1.807) is 49.4 Å². The third kappa shape index (κ3) is 4.27. The number of nitrogens with one attached hydrogen (secondary N) is 1. The zero-order valence-corrected chi connectivity index (χ0v) is 13.3. The summed E-state index contributed by atoms with van der Waals surface area (Å²) >= 11 is 17.9. The second-order valence-corrected chi connectivity index (χ2v) is 5.55. The van der Waals surface area contributed by atoms with Crippen LogP contribution < -0.4 is 10.1 Å². The summed E-state index contributed by atoms with van der Waals surface area (Å²) in [5, 5.41) is 4.02. The maximum Gasteiger partial charge on any atom is 0.265 e. The zero-order valence-electron chi connectivity index (χ0n) is 11.1. The minimum Gasteiger partial charge on any atom is -0.479 e. The SMILES string of the molecule is C[C@H](Oc1cc(Cl)ccc1Cl)C(=O)Nc1ccccc1Cl. The molecule has 0 saturated carbocycles. The second kappa shape index (κ2) is 7.03. The highest BCUT2D eigenvalue weighted by atomic mass is 35.5. The summed E-state index contributed by atoms with van der Waals surface area (Å²) in [5.74, 6) is 0.0186. The summed E-state index contributed by atoms with van der Waals surface area (Å²) < 4.78 is 5.53. The van der Waals surface area contributed by atoms with Gasteiger partial charge in [0.2, 0.25) is 0 Å². The third-order valence-corrected chi connectivity index (χ3v) is 3.57. The normalized spacial score (nSPS) is 11.8. The van der Waals surface area contributed by atoms with Gasteiger partial charge in [0.05, 0.1) is 15.7 Å². The topological polar surface area (TPSA) is 38.3 Å². The van der Waals surface area contributed by atoms with E-state index in [0.29, 0.717) is 26.5 Å². The fourth-order valence-electron chi connectivity index (χ4n) is 1.61. The van der Waals surface area contributed by atoms with Crippen molar-refractivity contribution in [2.75, 3.05) is 5.32 Å². The number of carbonyl (C=O) groups excluding carboxylic acids is 1. The van der Waals surface area contributed by atoms with Gasteiger partial charge in [-0.2, -0.15) is 0 Å². The van der Waals surface area contributed by atoms with E-state index in [0.717, 1.165) is 0 Å². The quantitative estimate of drug-likeness (QED) is 0.842. The first kappa shape index (κ1) is 16.0. The van der Waals surface area contributed by atoms with Gasteiger partial charge in [0.15, 0.2) is 6.10 Å². The first-order valence-electron chi connectivity index (χ1n) is 6.14. The molecule has 0 aliphatic rings. The highest BCUT2D eigenvalue weighted by Crippen LogP contribution is 2.29. The van der Waals surface area contributed by atoms with E-state index in [4.69, 9.17) is 39.5 Å². The molecule has 1 amide bonds. The van der Waals surface area contributed by atoms with Gasteiger partial charge >= 0.3 is 0 Å². The smallest absolute Gasteiger partial charge is 0.265 e. The Morgan fingerprint density at radius 3 is 2.52 bits per heavy atom. The van der Waals surface area contributed by atoms with Crippen LogP contribution in [0.15, 0.2) is 42.5 Å². The van der Waals surface area contributed by atoms with Crippen molar-refractivity contribution in [2.45, 2.75) is 13.0 Å². The molecule has 0 spiro atoms. The molecule has 2 rings (SSSR count). The van der Waals surface area contributed by atoms with Crippen LogP contribution in [0.3, 0.4) is 0 Å². The number of para-hydroxylation sites is 1. The van der Waals surface area contributed by atoms with Crippen LogP contribution in [0.25, 0.3) is 0 Å². The Morgan fingerprint density at radius 2 is 1.81 bits per heavy atom. The molecule has 0 radical (unpaired) electrons. The molecule has 0 unspecified atom stereocenters. The fourth-order valence-corrected chi connectivity index (χ4v) is 2.12. The van der Waals surface area contributed by atoms with Gasteiger partial charge in [0.1, 0.15) is 5.75 Å². The predicted octanol–water partition coefficient (Wildman–Crippen LogP) is 5.05. The van der Waals surface area contributed by atoms with Crippen molar-refractivity contribution in [2.24, 2.45) is 0 Å². The van der Waals surface area contributed by atoms with Crippen LogP contribution in [0.5, 0.6) is 5.75 Å². The molecule has 0 aliphatic carbocycles. The molecule has 3 nitrogen and oxygen atoms in total. The molecule has 21 heavy (non-hydrogen) atoms. The monoisotopic (exact) mass is 343 g/mol. The summed E-state index contributed by atoms with van der Waals surface area (Å²) in [6.07, 6.45) is -0.753. The predicted molar refractivity (Wildman–Crippen MR) is 86.6 cm³/mol. The van der Waals surface area contributed by atoms with Gasteiger partial charge < -0.3 is 10.1 Å². The molecule has 0 aromatic heterocycles. The molecule has 0 heterocycles. The summed E-state index contributed by atoms with van der Waals surface area (Å²) in [6.45, 7) is 1.61. The Hall–Kier alpha value is -1.42. The van der Waals surface area contributed by atoms with E-state index < -0.39 is 6.10 Å². The maximum atomic E-state index is 12.1. The Bertz CT molecular complexity index is 661. The van der Waals surface area contributed by atoms with E-state index in [1.807, 2.05) is 0 Å². The number of halogens is 3. The molecule has 2 aromatic carbocycles. The Balaban J connectivity index is 2.06. The van der Waals surface area contributed by atoms with Gasteiger partial charge in [-0.3, -0.25) is 4.79 Å². The van der Waals surface area contributed by atoms with Gasteiger partial charge in [0.25, 0.3) is 5.91 Å². The highest BCUT2D eigenvalue weighted by Gasteiger charge is 2.17. The molecule has 6 heteroatoms. The molecular formula is C15H12Cl3NO2. The number of ether oxygens (including phenoxy) is 1. The Labute approximate surface area is 137 Å². The molecule has 0 saturated heterocycles. The molecule has 110 valence electrons. The van der Waals surface area contributed by atoms with Crippen LogP contribution in [-0.4, -0.2) is 12.0 Å². The minimum absolute atomic E-state index is 0.334. The Kier molecular flexibility index (Phi) is 5.34. The third-order valence-electron chi connectivity index (χ3n) is 2.70. The molecule has 2 aromatic rings. The van der Waals surface area contributed by atoms with Crippen molar-refractivity contribution in [1.29, 1.82) is 0 Å². The largest absolute Gasteiger partial charge is 0.479 e.